The minimum absolute atomic E-state index is 0.229. The van der Waals surface area contributed by atoms with Gasteiger partial charge in [-0.3, -0.25) is 9.80 Å². The van der Waals surface area contributed by atoms with Crippen LogP contribution in [0.4, 0.5) is 4.39 Å². The molecule has 2 rings (SSSR count). The molecule has 0 radical (unpaired) electrons. The van der Waals surface area contributed by atoms with E-state index in [1.165, 1.54) is 7.11 Å². The van der Waals surface area contributed by atoms with Crippen molar-refractivity contribution in [3.05, 3.63) is 29.6 Å². The van der Waals surface area contributed by atoms with Gasteiger partial charge < -0.3 is 4.74 Å². The first-order valence-corrected chi connectivity index (χ1v) is 7.69. The second-order valence-electron chi connectivity index (χ2n) is 4.74. The number of alkyl halides is 1. The zero-order chi connectivity index (χ0) is 13.7. The van der Waals surface area contributed by atoms with Gasteiger partial charge in [-0.25, -0.2) is 4.39 Å². The van der Waals surface area contributed by atoms with E-state index in [1.807, 2.05) is 12.1 Å². The van der Waals surface area contributed by atoms with E-state index in [2.05, 4.69) is 25.7 Å². The number of hydrogen-bond donors (Lipinski definition) is 0. The number of halogens is 2. The van der Waals surface area contributed by atoms with Gasteiger partial charge in [-0.1, -0.05) is 28.1 Å². The van der Waals surface area contributed by atoms with Gasteiger partial charge in [0.1, 0.15) is 0 Å². The zero-order valence-corrected chi connectivity index (χ0v) is 12.8. The van der Waals surface area contributed by atoms with Gasteiger partial charge in [-0.15, -0.1) is 0 Å². The highest BCUT2D eigenvalue weighted by Crippen LogP contribution is 2.21. The van der Waals surface area contributed by atoms with Crippen LogP contribution < -0.4 is 4.74 Å². The maximum atomic E-state index is 14.1. The minimum Gasteiger partial charge on any atom is -0.494 e. The fourth-order valence-electron chi connectivity index (χ4n) is 2.37. The predicted molar refractivity (Wildman–Crippen MR) is 78.5 cm³/mol. The SMILES string of the molecule is COc1cccc(CN2CCN(CCBr)CC2)c1F. The number of rotatable bonds is 5. The number of nitrogens with zero attached hydrogens (tertiary/aromatic N) is 2. The number of methoxy groups -OCH3 is 1. The van der Waals surface area contributed by atoms with Crippen LogP contribution in [-0.4, -0.2) is 55.0 Å². The van der Waals surface area contributed by atoms with Crippen LogP contribution in [0.5, 0.6) is 5.75 Å². The summed E-state index contributed by atoms with van der Waals surface area (Å²) in [6, 6.07) is 5.34. The van der Waals surface area contributed by atoms with Crippen molar-refractivity contribution in [2.75, 3.05) is 45.2 Å². The third-order valence-corrected chi connectivity index (χ3v) is 3.88. The minimum atomic E-state index is -0.229. The van der Waals surface area contributed by atoms with Gasteiger partial charge in [0.2, 0.25) is 0 Å². The number of piperazine rings is 1. The summed E-state index contributed by atoms with van der Waals surface area (Å²) in [7, 11) is 1.50. The van der Waals surface area contributed by atoms with Crippen molar-refractivity contribution in [1.82, 2.24) is 9.80 Å². The largest absolute Gasteiger partial charge is 0.494 e. The van der Waals surface area contributed by atoms with Crippen LogP contribution in [-0.2, 0) is 6.54 Å². The number of ether oxygens (including phenoxy) is 1. The van der Waals surface area contributed by atoms with E-state index in [0.29, 0.717) is 17.9 Å². The molecule has 0 amide bonds. The average molecular weight is 331 g/mol. The fraction of sp³-hybridized carbons (Fsp3) is 0.571. The number of hydrogen-bond acceptors (Lipinski definition) is 3. The molecule has 5 heteroatoms. The van der Waals surface area contributed by atoms with E-state index in [1.54, 1.807) is 6.07 Å². The Balaban J connectivity index is 1.92. The molecule has 0 saturated carbocycles. The molecule has 0 N–H and O–H groups in total. The standard InChI is InChI=1S/C14H20BrFN2O/c1-19-13-4-2-3-12(14(13)16)11-18-9-7-17(6-5-15)8-10-18/h2-4H,5-11H2,1H3. The quantitative estimate of drug-likeness (QED) is 0.771. The van der Waals surface area contributed by atoms with E-state index >= 15 is 0 Å². The summed E-state index contributed by atoms with van der Waals surface area (Å²) >= 11 is 3.46. The molecule has 19 heavy (non-hydrogen) atoms. The molecule has 1 saturated heterocycles. The lowest BCUT2D eigenvalue weighted by molar-refractivity contribution is 0.132. The first kappa shape index (κ1) is 14.8. The highest BCUT2D eigenvalue weighted by Gasteiger charge is 2.18. The summed E-state index contributed by atoms with van der Waals surface area (Å²) in [4.78, 5) is 4.72. The van der Waals surface area contributed by atoms with Crippen LogP contribution in [0.1, 0.15) is 5.56 Å². The van der Waals surface area contributed by atoms with Crippen LogP contribution in [0.25, 0.3) is 0 Å². The van der Waals surface area contributed by atoms with Crippen molar-refractivity contribution in [3.8, 4) is 5.75 Å². The molecule has 0 spiro atoms. The maximum Gasteiger partial charge on any atom is 0.169 e. The highest BCUT2D eigenvalue weighted by atomic mass is 79.9. The van der Waals surface area contributed by atoms with Crippen LogP contribution in [0.15, 0.2) is 18.2 Å². The lowest BCUT2D eigenvalue weighted by atomic mass is 10.1. The molecular weight excluding hydrogens is 311 g/mol. The maximum absolute atomic E-state index is 14.1. The summed E-state index contributed by atoms with van der Waals surface area (Å²) in [5.74, 6) is 0.100. The molecule has 0 aromatic heterocycles. The summed E-state index contributed by atoms with van der Waals surface area (Å²) in [5.41, 5.74) is 0.716. The summed E-state index contributed by atoms with van der Waals surface area (Å²) in [6.45, 7) is 5.83. The van der Waals surface area contributed by atoms with Crippen molar-refractivity contribution >= 4 is 15.9 Å². The van der Waals surface area contributed by atoms with Crippen molar-refractivity contribution in [2.24, 2.45) is 0 Å². The molecule has 0 atom stereocenters. The summed E-state index contributed by atoms with van der Waals surface area (Å²) in [5, 5.41) is 1.01. The van der Waals surface area contributed by atoms with E-state index < -0.39 is 0 Å². The monoisotopic (exact) mass is 330 g/mol. The van der Waals surface area contributed by atoms with Gasteiger partial charge in [-0.05, 0) is 6.07 Å². The van der Waals surface area contributed by atoms with Crippen LogP contribution in [0, 0.1) is 5.82 Å². The molecule has 106 valence electrons. The van der Waals surface area contributed by atoms with Crippen LogP contribution in [0.2, 0.25) is 0 Å². The molecular formula is C14H20BrFN2O. The van der Waals surface area contributed by atoms with Gasteiger partial charge in [0.15, 0.2) is 11.6 Å². The Bertz CT molecular complexity index is 408. The molecule has 0 bridgehead atoms. The van der Waals surface area contributed by atoms with E-state index in [-0.39, 0.29) is 5.82 Å². The average Bonchev–Trinajstić information content (AvgIpc) is 2.43. The molecule has 1 aliphatic rings. The van der Waals surface area contributed by atoms with E-state index in [0.717, 1.165) is 38.1 Å². The topological polar surface area (TPSA) is 15.7 Å². The number of benzene rings is 1. The van der Waals surface area contributed by atoms with Crippen molar-refractivity contribution in [2.45, 2.75) is 6.54 Å². The first-order chi connectivity index (χ1) is 9.24. The zero-order valence-electron chi connectivity index (χ0n) is 11.2. The van der Waals surface area contributed by atoms with Crippen LogP contribution in [0.3, 0.4) is 0 Å². The molecule has 1 fully saturated rings. The fourth-order valence-corrected chi connectivity index (χ4v) is 2.87. The predicted octanol–water partition coefficient (Wildman–Crippen LogP) is 2.35. The Labute approximate surface area is 122 Å². The second kappa shape index (κ2) is 7.22. The van der Waals surface area contributed by atoms with Gasteiger partial charge in [-0.2, -0.15) is 0 Å². The van der Waals surface area contributed by atoms with Gasteiger partial charge >= 0.3 is 0 Å². The molecule has 1 aromatic carbocycles. The van der Waals surface area contributed by atoms with Crippen molar-refractivity contribution < 1.29 is 9.13 Å². The molecule has 1 heterocycles. The van der Waals surface area contributed by atoms with Crippen molar-refractivity contribution in [1.29, 1.82) is 0 Å². The molecule has 1 aliphatic heterocycles. The van der Waals surface area contributed by atoms with Gasteiger partial charge in [0.25, 0.3) is 0 Å². The Morgan fingerprint density at radius 1 is 1.21 bits per heavy atom. The smallest absolute Gasteiger partial charge is 0.169 e. The van der Waals surface area contributed by atoms with E-state index in [9.17, 15) is 4.39 Å². The summed E-state index contributed by atoms with van der Waals surface area (Å²) < 4.78 is 19.1. The van der Waals surface area contributed by atoms with Gasteiger partial charge in [0.05, 0.1) is 7.11 Å². The van der Waals surface area contributed by atoms with Gasteiger partial charge in [0, 0.05) is 50.2 Å². The summed E-state index contributed by atoms with van der Waals surface area (Å²) in [6.07, 6.45) is 0. The third-order valence-electron chi connectivity index (χ3n) is 3.52. The van der Waals surface area contributed by atoms with E-state index in [4.69, 9.17) is 4.74 Å². The normalized spacial score (nSPS) is 17.6. The van der Waals surface area contributed by atoms with Crippen LogP contribution >= 0.6 is 15.9 Å². The Morgan fingerprint density at radius 3 is 2.53 bits per heavy atom. The highest BCUT2D eigenvalue weighted by molar-refractivity contribution is 9.09. The lowest BCUT2D eigenvalue weighted by Gasteiger charge is -2.34. The molecule has 3 nitrogen and oxygen atoms in total. The second-order valence-corrected chi connectivity index (χ2v) is 5.53. The first-order valence-electron chi connectivity index (χ1n) is 6.56. The Morgan fingerprint density at radius 2 is 1.89 bits per heavy atom. The lowest BCUT2D eigenvalue weighted by Crippen LogP contribution is -2.46. The Kier molecular flexibility index (Phi) is 5.60. The van der Waals surface area contributed by atoms with Crippen molar-refractivity contribution in [3.63, 3.8) is 0 Å². The Hall–Kier alpha value is -0.650. The third kappa shape index (κ3) is 3.91. The molecule has 1 aromatic rings. The molecule has 0 unspecified atom stereocenters. The molecule has 0 aliphatic carbocycles.